The molecule has 0 bridgehead atoms. The van der Waals surface area contributed by atoms with Crippen LogP contribution in [-0.4, -0.2) is 27.5 Å². The fourth-order valence-corrected chi connectivity index (χ4v) is 3.99. The van der Waals surface area contributed by atoms with Crippen LogP contribution >= 0.6 is 0 Å². The van der Waals surface area contributed by atoms with Gasteiger partial charge in [-0.15, -0.1) is 0 Å². The first-order valence-corrected chi connectivity index (χ1v) is 9.03. The van der Waals surface area contributed by atoms with Gasteiger partial charge in [0, 0.05) is 31.4 Å². The molecular formula is C20H26N2O4. The van der Waals surface area contributed by atoms with Crippen molar-refractivity contribution in [3.8, 4) is 0 Å². The molecule has 0 fully saturated rings. The van der Waals surface area contributed by atoms with Crippen LogP contribution in [0.1, 0.15) is 75.2 Å². The van der Waals surface area contributed by atoms with Gasteiger partial charge in [-0.2, -0.15) is 0 Å². The molecule has 1 heterocycles. The largest absolute Gasteiger partial charge is 0.511 e. The molecule has 2 aliphatic rings. The van der Waals surface area contributed by atoms with Gasteiger partial charge >= 0.3 is 0 Å². The van der Waals surface area contributed by atoms with Crippen molar-refractivity contribution in [3.05, 3.63) is 28.3 Å². The molecule has 0 radical (unpaired) electrons. The molecule has 2 N–H and O–H groups in total. The first kappa shape index (κ1) is 18.5. The zero-order chi connectivity index (χ0) is 19.3. The summed E-state index contributed by atoms with van der Waals surface area (Å²) in [7, 11) is 0. The van der Waals surface area contributed by atoms with E-state index in [2.05, 4.69) is 5.16 Å². The molecule has 26 heavy (non-hydrogen) atoms. The van der Waals surface area contributed by atoms with Crippen LogP contribution < -0.4 is 0 Å². The number of carbonyl (C=O) groups excluding carboxylic acids is 2. The topological polar surface area (TPSA) is 104 Å². The standard InChI is InChI=1S/C20H26N2O4/c1-19(2)7-13(23)17(14(24)8-19)11(21)5-6-12-18-15(25)9-20(3,4)10-16(18)26-22-12/h21,23H,5-10H2,1-4H3. The molecule has 1 aromatic rings. The first-order valence-electron chi connectivity index (χ1n) is 9.03. The number of rotatable bonds is 4. The second-order valence-electron chi connectivity index (χ2n) is 9.11. The number of hydrogen-bond acceptors (Lipinski definition) is 6. The van der Waals surface area contributed by atoms with E-state index in [0.29, 0.717) is 49.1 Å². The molecule has 0 atom stereocenters. The van der Waals surface area contributed by atoms with Crippen molar-refractivity contribution in [2.75, 3.05) is 0 Å². The number of allylic oxidation sites excluding steroid dienone is 2. The zero-order valence-electron chi connectivity index (χ0n) is 15.9. The Labute approximate surface area is 153 Å². The van der Waals surface area contributed by atoms with Crippen LogP contribution in [0.3, 0.4) is 0 Å². The maximum Gasteiger partial charge on any atom is 0.168 e. The van der Waals surface area contributed by atoms with Crippen LogP contribution in [0, 0.1) is 16.2 Å². The Morgan fingerprint density at radius 2 is 1.69 bits per heavy atom. The lowest BCUT2D eigenvalue weighted by atomic mass is 9.75. The van der Waals surface area contributed by atoms with Gasteiger partial charge in [0.1, 0.15) is 11.5 Å². The molecule has 1 aromatic heterocycles. The average molecular weight is 358 g/mol. The summed E-state index contributed by atoms with van der Waals surface area (Å²) in [5.41, 5.74) is 0.916. The molecule has 6 heteroatoms. The van der Waals surface area contributed by atoms with Gasteiger partial charge < -0.3 is 15.0 Å². The molecule has 0 saturated carbocycles. The minimum absolute atomic E-state index is 0.00347. The van der Waals surface area contributed by atoms with E-state index in [9.17, 15) is 14.7 Å². The molecule has 2 aliphatic carbocycles. The normalized spacial score (nSPS) is 21.7. The Kier molecular flexibility index (Phi) is 4.41. The summed E-state index contributed by atoms with van der Waals surface area (Å²) in [5, 5.41) is 22.5. The average Bonchev–Trinajstić information content (AvgIpc) is 2.84. The van der Waals surface area contributed by atoms with Crippen molar-refractivity contribution in [3.63, 3.8) is 0 Å². The van der Waals surface area contributed by atoms with Crippen molar-refractivity contribution in [1.82, 2.24) is 5.16 Å². The molecular weight excluding hydrogens is 332 g/mol. The second kappa shape index (κ2) is 6.18. The fraction of sp³-hybridized carbons (Fsp3) is 0.600. The molecule has 0 aliphatic heterocycles. The lowest BCUT2D eigenvalue weighted by Crippen LogP contribution is -2.29. The number of hydrogen-bond donors (Lipinski definition) is 2. The molecule has 3 rings (SSSR count). The summed E-state index contributed by atoms with van der Waals surface area (Å²) in [6.45, 7) is 7.90. The van der Waals surface area contributed by atoms with Crippen LogP contribution in [0.5, 0.6) is 0 Å². The number of fused-ring (bicyclic) bond motifs is 1. The number of aliphatic hydroxyl groups is 1. The quantitative estimate of drug-likeness (QED) is 0.792. The SMILES string of the molecule is CC1(C)CC(=O)C(C(=N)CCc2noc3c2C(=O)CC(C)(C)C3)=C(O)C1. The minimum atomic E-state index is -0.282. The van der Waals surface area contributed by atoms with E-state index in [4.69, 9.17) is 9.93 Å². The van der Waals surface area contributed by atoms with E-state index in [1.165, 1.54) is 0 Å². The van der Waals surface area contributed by atoms with Gasteiger partial charge in [-0.1, -0.05) is 32.9 Å². The van der Waals surface area contributed by atoms with Crippen LogP contribution in [0.25, 0.3) is 0 Å². The third kappa shape index (κ3) is 3.50. The summed E-state index contributed by atoms with van der Waals surface area (Å²) < 4.78 is 5.37. The molecule has 140 valence electrons. The smallest absolute Gasteiger partial charge is 0.168 e. The number of aryl methyl sites for hydroxylation is 1. The van der Waals surface area contributed by atoms with Gasteiger partial charge in [-0.05, 0) is 23.7 Å². The maximum atomic E-state index is 12.4. The van der Waals surface area contributed by atoms with E-state index in [-0.39, 0.29) is 45.9 Å². The van der Waals surface area contributed by atoms with Crippen molar-refractivity contribution in [2.45, 2.75) is 66.2 Å². The van der Waals surface area contributed by atoms with Gasteiger partial charge in [-0.3, -0.25) is 9.59 Å². The molecule has 0 spiro atoms. The van der Waals surface area contributed by atoms with Crippen LogP contribution in [-0.2, 0) is 17.6 Å². The Morgan fingerprint density at radius 3 is 2.35 bits per heavy atom. The number of aliphatic hydroxyl groups excluding tert-OH is 1. The van der Waals surface area contributed by atoms with Crippen LogP contribution in [0.2, 0.25) is 0 Å². The Hall–Kier alpha value is -2.24. The molecule has 0 aromatic carbocycles. The van der Waals surface area contributed by atoms with Gasteiger partial charge in [0.15, 0.2) is 11.6 Å². The van der Waals surface area contributed by atoms with Gasteiger partial charge in [-0.25, -0.2) is 0 Å². The minimum Gasteiger partial charge on any atom is -0.511 e. The summed E-state index contributed by atoms with van der Waals surface area (Å²) in [6, 6.07) is 0. The van der Waals surface area contributed by atoms with Crippen molar-refractivity contribution in [2.24, 2.45) is 10.8 Å². The highest BCUT2D eigenvalue weighted by Gasteiger charge is 2.37. The molecule has 0 amide bonds. The number of carbonyl (C=O) groups is 2. The summed E-state index contributed by atoms with van der Waals surface area (Å²) in [5.74, 6) is 0.446. The third-order valence-corrected chi connectivity index (χ3v) is 5.16. The molecule has 0 unspecified atom stereocenters. The fourth-order valence-electron chi connectivity index (χ4n) is 3.99. The Bertz CT molecular complexity index is 827. The highest BCUT2D eigenvalue weighted by molar-refractivity contribution is 6.22. The Balaban J connectivity index is 1.75. The van der Waals surface area contributed by atoms with Crippen molar-refractivity contribution in [1.29, 1.82) is 5.41 Å². The lowest BCUT2D eigenvalue weighted by Gasteiger charge is -2.29. The van der Waals surface area contributed by atoms with E-state index in [0.717, 1.165) is 0 Å². The third-order valence-electron chi connectivity index (χ3n) is 5.16. The van der Waals surface area contributed by atoms with Crippen molar-refractivity contribution >= 4 is 17.3 Å². The Morgan fingerprint density at radius 1 is 1.08 bits per heavy atom. The second-order valence-corrected chi connectivity index (χ2v) is 9.11. The molecule has 0 saturated heterocycles. The van der Waals surface area contributed by atoms with Crippen LogP contribution in [0.4, 0.5) is 0 Å². The monoisotopic (exact) mass is 358 g/mol. The summed E-state index contributed by atoms with van der Waals surface area (Å²) >= 11 is 0. The van der Waals surface area contributed by atoms with Gasteiger partial charge in [0.25, 0.3) is 0 Å². The van der Waals surface area contributed by atoms with Gasteiger partial charge in [0.05, 0.1) is 16.8 Å². The van der Waals surface area contributed by atoms with Gasteiger partial charge in [0.2, 0.25) is 0 Å². The van der Waals surface area contributed by atoms with E-state index < -0.39 is 0 Å². The van der Waals surface area contributed by atoms with E-state index >= 15 is 0 Å². The molecule has 6 nitrogen and oxygen atoms in total. The number of Topliss-reactive ketones (excluding diaryl/α,β-unsaturated/α-hetero) is 2. The number of nitrogens with one attached hydrogen (secondary N) is 1. The zero-order valence-corrected chi connectivity index (χ0v) is 15.9. The maximum absolute atomic E-state index is 12.4. The van der Waals surface area contributed by atoms with Crippen molar-refractivity contribution < 1.29 is 19.2 Å². The lowest BCUT2D eigenvalue weighted by molar-refractivity contribution is -0.118. The van der Waals surface area contributed by atoms with E-state index in [1.54, 1.807) is 0 Å². The predicted octanol–water partition coefficient (Wildman–Crippen LogP) is 3.98. The van der Waals surface area contributed by atoms with Crippen LogP contribution in [0.15, 0.2) is 15.9 Å². The number of ketones is 2. The predicted molar refractivity (Wildman–Crippen MR) is 96.7 cm³/mol. The first-order chi connectivity index (χ1) is 12.0. The number of aromatic nitrogens is 1. The number of nitrogens with zero attached hydrogens (tertiary/aromatic N) is 1. The summed E-state index contributed by atoms with van der Waals surface area (Å²) in [6.07, 6.45) is 2.41. The summed E-state index contributed by atoms with van der Waals surface area (Å²) in [4.78, 5) is 24.8. The van der Waals surface area contributed by atoms with E-state index in [1.807, 2.05) is 27.7 Å². The highest BCUT2D eigenvalue weighted by Crippen LogP contribution is 2.38. The highest BCUT2D eigenvalue weighted by atomic mass is 16.5.